The maximum Gasteiger partial charge on any atom is 0.240 e. The molecule has 1 fully saturated rings. The molecule has 8 heteroatoms. The summed E-state index contributed by atoms with van der Waals surface area (Å²) >= 11 is 2.84. The van der Waals surface area contributed by atoms with Crippen LogP contribution < -0.4 is 5.32 Å². The summed E-state index contributed by atoms with van der Waals surface area (Å²) in [6, 6.07) is 0. The van der Waals surface area contributed by atoms with Crippen LogP contribution in [0.25, 0.3) is 0 Å². The van der Waals surface area contributed by atoms with Gasteiger partial charge in [-0.25, -0.2) is 0 Å². The first-order chi connectivity index (χ1) is 10.2. The van der Waals surface area contributed by atoms with Crippen molar-refractivity contribution in [3.05, 3.63) is 0 Å². The van der Waals surface area contributed by atoms with E-state index in [1.807, 2.05) is 0 Å². The molecular formula is C13H22N4O2S2. The highest BCUT2D eigenvalue weighted by molar-refractivity contribution is 7.99. The van der Waals surface area contributed by atoms with E-state index in [1.165, 1.54) is 11.5 Å². The van der Waals surface area contributed by atoms with Gasteiger partial charge >= 0.3 is 0 Å². The predicted molar refractivity (Wildman–Crippen MR) is 85.8 cm³/mol. The summed E-state index contributed by atoms with van der Waals surface area (Å²) in [5.74, 6) is 1.34. The van der Waals surface area contributed by atoms with Crippen molar-refractivity contribution in [3.63, 3.8) is 0 Å². The van der Waals surface area contributed by atoms with Crippen LogP contribution in [0.15, 0.2) is 5.16 Å². The predicted octanol–water partition coefficient (Wildman–Crippen LogP) is 1.68. The molecule has 1 aromatic rings. The van der Waals surface area contributed by atoms with Gasteiger partial charge in [0.05, 0.1) is 6.54 Å². The topological polar surface area (TPSA) is 78.4 Å². The molecule has 1 aliphatic rings. The van der Waals surface area contributed by atoms with E-state index in [1.54, 1.807) is 11.8 Å². The first-order valence-corrected chi connectivity index (χ1v) is 9.06. The first kappa shape index (κ1) is 16.7. The molecule has 6 nitrogen and oxygen atoms in total. The number of rotatable bonds is 7. The molecule has 0 atom stereocenters. The van der Waals surface area contributed by atoms with E-state index in [9.17, 15) is 4.79 Å². The molecule has 21 heavy (non-hydrogen) atoms. The number of likely N-dealkylation sites (tertiary alicyclic amines) is 1. The lowest BCUT2D eigenvalue weighted by atomic mass is 9.98. The van der Waals surface area contributed by atoms with E-state index < -0.39 is 0 Å². The van der Waals surface area contributed by atoms with Crippen LogP contribution in [0.3, 0.4) is 0 Å². The SMILES string of the molecule is CCCSc1nsc(NC(=O)CN2CCC(CO)CC2)n1. The third kappa shape index (κ3) is 5.54. The second-order valence-electron chi connectivity index (χ2n) is 5.18. The van der Waals surface area contributed by atoms with Crippen LogP contribution in [0, 0.1) is 5.92 Å². The van der Waals surface area contributed by atoms with Crippen molar-refractivity contribution < 1.29 is 9.90 Å². The van der Waals surface area contributed by atoms with Crippen molar-refractivity contribution in [2.24, 2.45) is 5.92 Å². The number of carbonyl (C=O) groups excluding carboxylic acids is 1. The van der Waals surface area contributed by atoms with Crippen LogP contribution in [0.1, 0.15) is 26.2 Å². The number of thioether (sulfide) groups is 1. The van der Waals surface area contributed by atoms with Crippen molar-refractivity contribution in [2.45, 2.75) is 31.3 Å². The Hall–Kier alpha value is -0.700. The fourth-order valence-electron chi connectivity index (χ4n) is 2.20. The van der Waals surface area contributed by atoms with Crippen molar-refractivity contribution in [1.29, 1.82) is 0 Å². The summed E-state index contributed by atoms with van der Waals surface area (Å²) in [5.41, 5.74) is 0. The van der Waals surface area contributed by atoms with Crippen LogP contribution in [-0.4, -0.2) is 57.3 Å². The van der Waals surface area contributed by atoms with Crippen LogP contribution >= 0.6 is 23.3 Å². The molecule has 2 heterocycles. The Balaban J connectivity index is 1.73. The highest BCUT2D eigenvalue weighted by Crippen LogP contribution is 2.21. The fraction of sp³-hybridized carbons (Fsp3) is 0.769. The Kier molecular flexibility index (Phi) is 6.88. The van der Waals surface area contributed by atoms with Crippen LogP contribution in [0.4, 0.5) is 5.13 Å². The second kappa shape index (κ2) is 8.67. The zero-order chi connectivity index (χ0) is 15.1. The molecule has 0 saturated carbocycles. The molecule has 1 saturated heterocycles. The summed E-state index contributed by atoms with van der Waals surface area (Å²) in [6.07, 6.45) is 3.00. The molecule has 0 aromatic carbocycles. The normalized spacial score (nSPS) is 17.0. The standard InChI is InChI=1S/C13H22N4O2S2/c1-2-7-20-13-15-12(21-16-13)14-11(19)8-17-5-3-10(9-18)4-6-17/h10,18H,2-9H2,1H3,(H,14,15,16,19). The molecule has 0 radical (unpaired) electrons. The Morgan fingerprint density at radius 2 is 2.29 bits per heavy atom. The molecule has 1 aliphatic heterocycles. The summed E-state index contributed by atoms with van der Waals surface area (Å²) in [5, 5.41) is 13.2. The van der Waals surface area contributed by atoms with Gasteiger partial charge in [-0.3, -0.25) is 15.0 Å². The minimum Gasteiger partial charge on any atom is -0.396 e. The van der Waals surface area contributed by atoms with E-state index in [0.717, 1.165) is 43.3 Å². The third-order valence-electron chi connectivity index (χ3n) is 3.42. The van der Waals surface area contributed by atoms with Gasteiger partial charge in [0.15, 0.2) is 0 Å². The van der Waals surface area contributed by atoms with Gasteiger partial charge in [-0.2, -0.15) is 9.36 Å². The molecule has 118 valence electrons. The third-order valence-corrected chi connectivity index (χ3v) is 5.22. The van der Waals surface area contributed by atoms with Crippen LogP contribution in [-0.2, 0) is 4.79 Å². The van der Waals surface area contributed by atoms with E-state index in [4.69, 9.17) is 5.11 Å². The summed E-state index contributed by atoms with van der Waals surface area (Å²) in [7, 11) is 0. The molecule has 0 spiro atoms. The van der Waals surface area contributed by atoms with Gasteiger partial charge in [0.25, 0.3) is 0 Å². The number of carbonyl (C=O) groups is 1. The largest absolute Gasteiger partial charge is 0.396 e. The Morgan fingerprint density at radius 1 is 1.52 bits per heavy atom. The minimum atomic E-state index is -0.0411. The maximum atomic E-state index is 12.0. The number of aromatic nitrogens is 2. The van der Waals surface area contributed by atoms with Crippen molar-refractivity contribution >= 4 is 34.3 Å². The molecule has 0 bridgehead atoms. The number of nitrogens with one attached hydrogen (secondary N) is 1. The van der Waals surface area contributed by atoms with Crippen molar-refractivity contribution in [1.82, 2.24) is 14.3 Å². The van der Waals surface area contributed by atoms with E-state index in [-0.39, 0.29) is 12.5 Å². The van der Waals surface area contributed by atoms with E-state index in [2.05, 4.69) is 26.5 Å². The number of nitrogens with zero attached hydrogens (tertiary/aromatic N) is 3. The highest BCUT2D eigenvalue weighted by Gasteiger charge is 2.20. The molecule has 0 aliphatic carbocycles. The molecular weight excluding hydrogens is 308 g/mol. The van der Waals surface area contributed by atoms with E-state index in [0.29, 0.717) is 17.6 Å². The van der Waals surface area contributed by atoms with Gasteiger partial charge in [-0.15, -0.1) is 0 Å². The number of aliphatic hydroxyl groups excluding tert-OH is 1. The fourth-order valence-corrected chi connectivity index (χ4v) is 3.62. The van der Waals surface area contributed by atoms with Gasteiger partial charge in [-0.1, -0.05) is 18.7 Å². The lowest BCUT2D eigenvalue weighted by molar-refractivity contribution is -0.117. The zero-order valence-corrected chi connectivity index (χ0v) is 13.9. The highest BCUT2D eigenvalue weighted by atomic mass is 32.2. The number of hydrogen-bond acceptors (Lipinski definition) is 7. The average molecular weight is 330 g/mol. The molecule has 0 unspecified atom stereocenters. The molecule has 2 N–H and O–H groups in total. The number of amides is 1. The maximum absolute atomic E-state index is 12.0. The average Bonchev–Trinajstić information content (AvgIpc) is 2.93. The van der Waals surface area contributed by atoms with Crippen LogP contribution in [0.5, 0.6) is 0 Å². The Bertz CT molecular complexity index is 447. The quantitative estimate of drug-likeness (QED) is 0.741. The molecule has 2 rings (SSSR count). The van der Waals surface area contributed by atoms with E-state index >= 15 is 0 Å². The van der Waals surface area contributed by atoms with Gasteiger partial charge < -0.3 is 5.11 Å². The zero-order valence-electron chi connectivity index (χ0n) is 12.2. The van der Waals surface area contributed by atoms with Crippen molar-refractivity contribution in [3.8, 4) is 0 Å². The number of anilines is 1. The Morgan fingerprint density at radius 3 is 2.95 bits per heavy atom. The minimum absolute atomic E-state index is 0.0411. The lowest BCUT2D eigenvalue weighted by Crippen LogP contribution is -2.39. The van der Waals surface area contributed by atoms with Crippen molar-refractivity contribution in [2.75, 3.05) is 37.3 Å². The van der Waals surface area contributed by atoms with Gasteiger partial charge in [0, 0.05) is 23.9 Å². The van der Waals surface area contributed by atoms with Gasteiger partial charge in [0.2, 0.25) is 16.2 Å². The smallest absolute Gasteiger partial charge is 0.240 e. The van der Waals surface area contributed by atoms with Crippen LogP contribution in [0.2, 0.25) is 0 Å². The second-order valence-corrected chi connectivity index (χ2v) is 6.99. The number of aliphatic hydroxyl groups is 1. The first-order valence-electron chi connectivity index (χ1n) is 7.30. The molecule has 1 amide bonds. The number of hydrogen-bond donors (Lipinski definition) is 2. The summed E-state index contributed by atoms with van der Waals surface area (Å²) < 4.78 is 4.21. The Labute approximate surface area is 133 Å². The summed E-state index contributed by atoms with van der Waals surface area (Å²) in [4.78, 5) is 18.4. The van der Waals surface area contributed by atoms with Gasteiger partial charge in [-0.05, 0) is 38.3 Å². The monoisotopic (exact) mass is 330 g/mol. The molecule has 1 aromatic heterocycles. The van der Waals surface area contributed by atoms with Gasteiger partial charge in [0.1, 0.15) is 0 Å². The lowest BCUT2D eigenvalue weighted by Gasteiger charge is -2.30. The summed E-state index contributed by atoms with van der Waals surface area (Å²) in [6.45, 7) is 4.49. The number of piperidine rings is 1.